The van der Waals surface area contributed by atoms with E-state index in [0.29, 0.717) is 5.69 Å². The first-order chi connectivity index (χ1) is 9.33. The monoisotopic (exact) mass is 256 g/mol. The van der Waals surface area contributed by atoms with Crippen molar-refractivity contribution >= 4 is 10.9 Å². The molecule has 98 valence electrons. The SMILES string of the molecule is C#Cc1nn([C@H]2CCCCO2)c2ccc(CO)cc12. The molecule has 0 saturated carbocycles. The highest BCUT2D eigenvalue weighted by Gasteiger charge is 2.20. The number of nitrogens with zero attached hydrogens (tertiary/aromatic N) is 2. The number of aliphatic hydroxyl groups excluding tert-OH is 1. The molecule has 1 fully saturated rings. The van der Waals surface area contributed by atoms with E-state index >= 15 is 0 Å². The molecule has 1 saturated heterocycles. The second-order valence-electron chi connectivity index (χ2n) is 4.77. The summed E-state index contributed by atoms with van der Waals surface area (Å²) in [6, 6.07) is 5.74. The summed E-state index contributed by atoms with van der Waals surface area (Å²) in [5.41, 5.74) is 2.42. The van der Waals surface area contributed by atoms with Gasteiger partial charge in [0.25, 0.3) is 0 Å². The summed E-state index contributed by atoms with van der Waals surface area (Å²) >= 11 is 0. The maximum Gasteiger partial charge on any atom is 0.150 e. The van der Waals surface area contributed by atoms with Gasteiger partial charge in [-0.25, -0.2) is 4.68 Å². The Kier molecular flexibility index (Phi) is 3.24. The van der Waals surface area contributed by atoms with Crippen LogP contribution in [-0.2, 0) is 11.3 Å². The Morgan fingerprint density at radius 1 is 1.47 bits per heavy atom. The molecule has 0 spiro atoms. The van der Waals surface area contributed by atoms with Gasteiger partial charge in [0.05, 0.1) is 12.1 Å². The van der Waals surface area contributed by atoms with Crippen LogP contribution in [0.2, 0.25) is 0 Å². The van der Waals surface area contributed by atoms with Crippen LogP contribution in [0.15, 0.2) is 18.2 Å². The van der Waals surface area contributed by atoms with E-state index in [1.807, 2.05) is 22.9 Å². The minimum absolute atomic E-state index is 0.00502. The number of aromatic nitrogens is 2. The largest absolute Gasteiger partial charge is 0.392 e. The quantitative estimate of drug-likeness (QED) is 0.838. The predicted octanol–water partition coefficient (Wildman–Crippen LogP) is 2.21. The van der Waals surface area contributed by atoms with Crippen LogP contribution in [0.1, 0.15) is 36.7 Å². The zero-order valence-corrected chi connectivity index (χ0v) is 10.7. The predicted molar refractivity (Wildman–Crippen MR) is 72.4 cm³/mol. The second kappa shape index (κ2) is 5.04. The molecule has 0 amide bonds. The highest BCUT2D eigenvalue weighted by atomic mass is 16.5. The maximum atomic E-state index is 9.21. The fourth-order valence-electron chi connectivity index (χ4n) is 2.53. The Hall–Kier alpha value is -1.83. The van der Waals surface area contributed by atoms with E-state index in [4.69, 9.17) is 11.2 Å². The number of aliphatic hydroxyl groups is 1. The summed E-state index contributed by atoms with van der Waals surface area (Å²) in [7, 11) is 0. The van der Waals surface area contributed by atoms with Gasteiger partial charge in [-0.1, -0.05) is 6.07 Å². The van der Waals surface area contributed by atoms with Gasteiger partial charge in [0, 0.05) is 12.0 Å². The molecule has 0 bridgehead atoms. The van der Waals surface area contributed by atoms with Gasteiger partial charge in [-0.2, -0.15) is 5.10 Å². The van der Waals surface area contributed by atoms with Crippen LogP contribution in [0, 0.1) is 12.3 Å². The van der Waals surface area contributed by atoms with Crippen molar-refractivity contribution < 1.29 is 9.84 Å². The normalized spacial score (nSPS) is 19.5. The minimum atomic E-state index is -0.0293. The molecule has 1 aliphatic rings. The summed E-state index contributed by atoms with van der Waals surface area (Å²) in [5, 5.41) is 14.6. The summed E-state index contributed by atoms with van der Waals surface area (Å²) < 4.78 is 7.65. The van der Waals surface area contributed by atoms with E-state index < -0.39 is 0 Å². The third-order valence-electron chi connectivity index (χ3n) is 3.52. The number of fused-ring (bicyclic) bond motifs is 1. The first-order valence-electron chi connectivity index (χ1n) is 6.53. The fraction of sp³-hybridized carbons (Fsp3) is 0.400. The molecule has 4 nitrogen and oxygen atoms in total. The zero-order chi connectivity index (χ0) is 13.2. The Bertz CT molecular complexity index is 633. The molecule has 2 heterocycles. The molecule has 1 N–H and O–H groups in total. The van der Waals surface area contributed by atoms with Crippen molar-refractivity contribution in [3.63, 3.8) is 0 Å². The van der Waals surface area contributed by atoms with Crippen molar-refractivity contribution in [1.29, 1.82) is 0 Å². The minimum Gasteiger partial charge on any atom is -0.392 e. The lowest BCUT2D eigenvalue weighted by molar-refractivity contribution is -0.0367. The Morgan fingerprint density at radius 2 is 2.37 bits per heavy atom. The molecule has 0 unspecified atom stereocenters. The molecular formula is C15H16N2O2. The van der Waals surface area contributed by atoms with Crippen LogP contribution in [0.5, 0.6) is 0 Å². The van der Waals surface area contributed by atoms with Crippen molar-refractivity contribution in [3.05, 3.63) is 29.5 Å². The average molecular weight is 256 g/mol. The molecule has 19 heavy (non-hydrogen) atoms. The highest BCUT2D eigenvalue weighted by molar-refractivity contribution is 5.85. The van der Waals surface area contributed by atoms with Gasteiger partial charge in [0.15, 0.2) is 6.23 Å². The molecular weight excluding hydrogens is 240 g/mol. The molecule has 1 aromatic heterocycles. The van der Waals surface area contributed by atoms with E-state index in [-0.39, 0.29) is 12.8 Å². The first-order valence-corrected chi connectivity index (χ1v) is 6.53. The van der Waals surface area contributed by atoms with Crippen molar-refractivity contribution in [2.24, 2.45) is 0 Å². The van der Waals surface area contributed by atoms with Gasteiger partial charge in [-0.05, 0) is 42.9 Å². The van der Waals surface area contributed by atoms with E-state index in [1.54, 1.807) is 0 Å². The zero-order valence-electron chi connectivity index (χ0n) is 10.7. The Labute approximate surface area is 112 Å². The van der Waals surface area contributed by atoms with Crippen molar-refractivity contribution in [2.45, 2.75) is 32.1 Å². The third-order valence-corrected chi connectivity index (χ3v) is 3.52. The topological polar surface area (TPSA) is 47.3 Å². The summed E-state index contributed by atoms with van der Waals surface area (Å²) in [4.78, 5) is 0. The summed E-state index contributed by atoms with van der Waals surface area (Å²) in [6.45, 7) is 0.775. The van der Waals surface area contributed by atoms with Crippen molar-refractivity contribution in [3.8, 4) is 12.3 Å². The van der Waals surface area contributed by atoms with Crippen LogP contribution in [0.25, 0.3) is 10.9 Å². The van der Waals surface area contributed by atoms with E-state index in [0.717, 1.165) is 42.3 Å². The summed E-state index contributed by atoms with van der Waals surface area (Å²) in [6.07, 6.45) is 8.70. The standard InChI is InChI=1S/C15H16N2O2/c1-2-13-12-9-11(10-18)6-7-14(12)17(16-13)15-5-3-4-8-19-15/h1,6-7,9,15,18H,3-5,8,10H2/t15-/m1/s1. The van der Waals surface area contributed by atoms with Gasteiger partial charge in [0.2, 0.25) is 0 Å². The average Bonchev–Trinajstić information content (AvgIpc) is 2.86. The number of ether oxygens (including phenoxy) is 1. The molecule has 0 radical (unpaired) electrons. The van der Waals surface area contributed by atoms with Gasteiger partial charge in [-0.3, -0.25) is 0 Å². The number of hydrogen-bond acceptors (Lipinski definition) is 3. The molecule has 0 aliphatic carbocycles. The third kappa shape index (κ3) is 2.12. The van der Waals surface area contributed by atoms with Crippen molar-refractivity contribution in [1.82, 2.24) is 9.78 Å². The first kappa shape index (κ1) is 12.2. The number of benzene rings is 1. The van der Waals surface area contributed by atoms with Gasteiger partial charge in [-0.15, -0.1) is 6.42 Å². The smallest absolute Gasteiger partial charge is 0.150 e. The number of rotatable bonds is 2. The Balaban J connectivity index is 2.12. The van der Waals surface area contributed by atoms with E-state index in [1.165, 1.54) is 0 Å². The van der Waals surface area contributed by atoms with Crippen LogP contribution in [0.4, 0.5) is 0 Å². The molecule has 1 aromatic carbocycles. The lowest BCUT2D eigenvalue weighted by atomic mass is 10.1. The number of hydrogen-bond donors (Lipinski definition) is 1. The van der Waals surface area contributed by atoms with Crippen molar-refractivity contribution in [2.75, 3.05) is 6.61 Å². The second-order valence-corrected chi connectivity index (χ2v) is 4.77. The summed E-state index contributed by atoms with van der Waals surface area (Å²) in [5.74, 6) is 2.61. The molecule has 4 heteroatoms. The van der Waals surface area contributed by atoms with Crippen LogP contribution in [-0.4, -0.2) is 21.5 Å². The maximum absolute atomic E-state index is 9.21. The van der Waals surface area contributed by atoms with E-state index in [9.17, 15) is 5.11 Å². The molecule has 1 aliphatic heterocycles. The van der Waals surface area contributed by atoms with Crippen LogP contribution >= 0.6 is 0 Å². The molecule has 2 aromatic rings. The molecule has 1 atom stereocenters. The van der Waals surface area contributed by atoms with Gasteiger partial charge >= 0.3 is 0 Å². The number of terminal acetylenes is 1. The van der Waals surface area contributed by atoms with Gasteiger partial charge in [0.1, 0.15) is 5.69 Å². The molecule has 3 rings (SSSR count). The lowest BCUT2D eigenvalue weighted by Gasteiger charge is -2.23. The van der Waals surface area contributed by atoms with E-state index in [2.05, 4.69) is 11.0 Å². The highest BCUT2D eigenvalue weighted by Crippen LogP contribution is 2.28. The van der Waals surface area contributed by atoms with Gasteiger partial charge < -0.3 is 9.84 Å². The van der Waals surface area contributed by atoms with Crippen LogP contribution in [0.3, 0.4) is 0 Å². The lowest BCUT2D eigenvalue weighted by Crippen LogP contribution is -2.19. The van der Waals surface area contributed by atoms with Crippen LogP contribution < -0.4 is 0 Å². The Morgan fingerprint density at radius 3 is 3.05 bits per heavy atom. The fourth-order valence-corrected chi connectivity index (χ4v) is 2.53.